The van der Waals surface area contributed by atoms with Crippen LogP contribution in [-0.2, 0) is 20.9 Å². The van der Waals surface area contributed by atoms with Gasteiger partial charge < -0.3 is 24.6 Å². The van der Waals surface area contributed by atoms with Crippen molar-refractivity contribution in [1.82, 2.24) is 15.1 Å². The van der Waals surface area contributed by atoms with Crippen LogP contribution in [0.4, 0.5) is 0 Å². The van der Waals surface area contributed by atoms with Crippen LogP contribution in [0.5, 0.6) is 11.5 Å². The van der Waals surface area contributed by atoms with Crippen molar-refractivity contribution in [3.8, 4) is 11.5 Å². The first-order chi connectivity index (χ1) is 17.9. The third-order valence-corrected chi connectivity index (χ3v) is 7.66. The Kier molecular flexibility index (Phi) is 7.46. The molecule has 1 saturated carbocycles. The monoisotopic (exact) mass is 505 g/mol. The second-order valence-corrected chi connectivity index (χ2v) is 10.6. The van der Waals surface area contributed by atoms with Crippen molar-refractivity contribution in [2.75, 3.05) is 26.7 Å². The maximum atomic E-state index is 13.1. The number of likely N-dealkylation sites (tertiary alicyclic amines) is 1. The van der Waals surface area contributed by atoms with Crippen LogP contribution >= 0.6 is 0 Å². The van der Waals surface area contributed by atoms with Gasteiger partial charge in [-0.15, -0.1) is 0 Å². The number of ether oxygens (including phenoxy) is 2. The van der Waals surface area contributed by atoms with Crippen LogP contribution in [0.25, 0.3) is 0 Å². The number of hydrogen-bond acceptors (Lipinski definition) is 5. The van der Waals surface area contributed by atoms with Crippen LogP contribution in [0, 0.1) is 12.8 Å². The Labute approximate surface area is 217 Å². The molecule has 0 unspecified atom stereocenters. The van der Waals surface area contributed by atoms with E-state index in [1.54, 1.807) is 19.2 Å². The first-order valence-corrected chi connectivity index (χ1v) is 13.2. The predicted molar refractivity (Wildman–Crippen MR) is 138 cm³/mol. The number of hydrogen-bond donors (Lipinski definition) is 1. The molecule has 0 radical (unpaired) electrons. The minimum absolute atomic E-state index is 0.0960. The summed E-state index contributed by atoms with van der Waals surface area (Å²) >= 11 is 0. The summed E-state index contributed by atoms with van der Waals surface area (Å²) in [6, 6.07) is 12.6. The third kappa shape index (κ3) is 5.96. The molecule has 1 N–H and O–H groups in total. The SMILES string of the molecule is Cc1ccc2cc1Oc1cccc(c1)CO[C@H]1CN(C(=O)CC3CCCC3)C[C@@H]1NC(=O)CN(C)C2=O. The molecule has 1 saturated heterocycles. The number of nitrogens with zero attached hydrogens (tertiary/aromatic N) is 2. The van der Waals surface area contributed by atoms with Crippen molar-refractivity contribution in [1.29, 1.82) is 0 Å². The Morgan fingerprint density at radius 3 is 2.70 bits per heavy atom. The Bertz CT molecular complexity index is 1180. The molecule has 2 atom stereocenters. The molecular weight excluding hydrogens is 470 g/mol. The van der Waals surface area contributed by atoms with Gasteiger partial charge in [-0.1, -0.05) is 31.0 Å². The van der Waals surface area contributed by atoms with Crippen LogP contribution in [0.3, 0.4) is 0 Å². The lowest BCUT2D eigenvalue weighted by atomic mass is 10.0. The number of carbonyl (C=O) groups excluding carboxylic acids is 3. The maximum Gasteiger partial charge on any atom is 0.254 e. The fraction of sp³-hybridized carbons (Fsp3) is 0.483. The molecular formula is C29H35N3O5. The minimum atomic E-state index is -0.346. The van der Waals surface area contributed by atoms with Crippen molar-refractivity contribution < 1.29 is 23.9 Å². The topological polar surface area (TPSA) is 88.2 Å². The average molecular weight is 506 g/mol. The maximum absolute atomic E-state index is 13.1. The van der Waals surface area contributed by atoms with Crippen LogP contribution in [0.1, 0.15) is 53.6 Å². The molecule has 2 aromatic rings. The van der Waals surface area contributed by atoms with E-state index < -0.39 is 0 Å². The second-order valence-electron chi connectivity index (χ2n) is 10.6. The van der Waals surface area contributed by atoms with Gasteiger partial charge in [0.15, 0.2) is 0 Å². The molecule has 2 heterocycles. The number of benzene rings is 2. The van der Waals surface area contributed by atoms with Gasteiger partial charge in [-0.2, -0.15) is 0 Å². The van der Waals surface area contributed by atoms with Gasteiger partial charge in [0.25, 0.3) is 5.91 Å². The van der Waals surface area contributed by atoms with Crippen LogP contribution in [0.2, 0.25) is 0 Å². The number of amides is 3. The van der Waals surface area contributed by atoms with E-state index in [4.69, 9.17) is 9.47 Å². The summed E-state index contributed by atoms with van der Waals surface area (Å²) in [5.74, 6) is 1.27. The zero-order valence-electron chi connectivity index (χ0n) is 21.6. The second kappa shape index (κ2) is 10.9. The fourth-order valence-electron chi connectivity index (χ4n) is 5.51. The Morgan fingerprint density at radius 2 is 1.89 bits per heavy atom. The summed E-state index contributed by atoms with van der Waals surface area (Å²) in [6.07, 6.45) is 4.83. The molecule has 2 aromatic carbocycles. The molecule has 4 bridgehead atoms. The lowest BCUT2D eigenvalue weighted by Crippen LogP contribution is -2.48. The van der Waals surface area contributed by atoms with Gasteiger partial charge in [0, 0.05) is 32.1 Å². The largest absolute Gasteiger partial charge is 0.457 e. The highest BCUT2D eigenvalue weighted by molar-refractivity contribution is 5.96. The standard InChI is InChI=1S/C29H35N3O5/c1-19-10-11-22-14-25(19)37-23-9-5-8-21(12-23)18-36-26-16-32(28(34)13-20-6-3-4-7-20)15-24(26)30-27(33)17-31(2)29(22)35/h5,8-12,14,20,24,26H,3-4,6-7,13,15-18H2,1-2H3,(H,30,33)/t24-,26-/m0/s1. The number of likely N-dealkylation sites (N-methyl/N-ethyl adjacent to an activating group) is 1. The summed E-state index contributed by atoms with van der Waals surface area (Å²) in [5, 5.41) is 3.04. The Hall–Kier alpha value is -3.39. The van der Waals surface area contributed by atoms with Crippen molar-refractivity contribution >= 4 is 17.7 Å². The van der Waals surface area contributed by atoms with Gasteiger partial charge >= 0.3 is 0 Å². The summed E-state index contributed by atoms with van der Waals surface area (Å²) < 4.78 is 12.4. The normalized spacial score (nSPS) is 23.0. The molecule has 2 fully saturated rings. The zero-order chi connectivity index (χ0) is 25.9. The lowest BCUT2D eigenvalue weighted by Gasteiger charge is -2.23. The quantitative estimate of drug-likeness (QED) is 0.673. The van der Waals surface area contributed by atoms with Crippen molar-refractivity contribution in [3.05, 3.63) is 59.2 Å². The number of carbonyl (C=O) groups is 3. The Morgan fingerprint density at radius 1 is 1.08 bits per heavy atom. The lowest BCUT2D eigenvalue weighted by molar-refractivity contribution is -0.131. The van der Waals surface area contributed by atoms with Gasteiger partial charge in [-0.05, 0) is 61.1 Å². The van der Waals surface area contributed by atoms with Gasteiger partial charge in [0.05, 0.1) is 25.3 Å². The van der Waals surface area contributed by atoms with Gasteiger partial charge in [0.2, 0.25) is 11.8 Å². The van der Waals surface area contributed by atoms with Crippen molar-refractivity contribution in [2.24, 2.45) is 5.92 Å². The van der Waals surface area contributed by atoms with E-state index in [1.165, 1.54) is 17.7 Å². The van der Waals surface area contributed by atoms with E-state index in [1.807, 2.05) is 42.2 Å². The molecule has 8 heteroatoms. The van der Waals surface area contributed by atoms with Gasteiger partial charge in [-0.3, -0.25) is 14.4 Å². The number of nitrogens with one attached hydrogen (secondary N) is 1. The number of fused-ring (bicyclic) bond motifs is 5. The highest BCUT2D eigenvalue weighted by Crippen LogP contribution is 2.30. The van der Waals surface area contributed by atoms with E-state index in [0.29, 0.717) is 49.1 Å². The fourth-order valence-corrected chi connectivity index (χ4v) is 5.51. The summed E-state index contributed by atoms with van der Waals surface area (Å²) in [7, 11) is 1.61. The number of aryl methyl sites for hydroxylation is 1. The van der Waals surface area contributed by atoms with E-state index in [0.717, 1.165) is 24.0 Å². The summed E-state index contributed by atoms with van der Waals surface area (Å²) in [4.78, 5) is 42.3. The molecule has 8 nitrogen and oxygen atoms in total. The van der Waals surface area contributed by atoms with Gasteiger partial charge in [0.1, 0.15) is 11.5 Å². The minimum Gasteiger partial charge on any atom is -0.457 e. The van der Waals surface area contributed by atoms with Crippen molar-refractivity contribution in [3.63, 3.8) is 0 Å². The van der Waals surface area contributed by atoms with E-state index in [-0.39, 0.29) is 36.4 Å². The number of rotatable bonds is 2. The molecule has 0 spiro atoms. The molecule has 1 aliphatic carbocycles. The van der Waals surface area contributed by atoms with Crippen LogP contribution in [0.15, 0.2) is 42.5 Å². The first kappa shape index (κ1) is 25.3. The highest BCUT2D eigenvalue weighted by Gasteiger charge is 2.38. The van der Waals surface area contributed by atoms with Gasteiger partial charge in [-0.25, -0.2) is 0 Å². The van der Waals surface area contributed by atoms with E-state index in [9.17, 15) is 14.4 Å². The molecule has 37 heavy (non-hydrogen) atoms. The summed E-state index contributed by atoms with van der Waals surface area (Å²) in [6.45, 7) is 3.00. The highest BCUT2D eigenvalue weighted by atomic mass is 16.5. The molecule has 3 amide bonds. The zero-order valence-corrected chi connectivity index (χ0v) is 21.6. The van der Waals surface area contributed by atoms with E-state index in [2.05, 4.69) is 5.32 Å². The third-order valence-electron chi connectivity index (χ3n) is 7.66. The smallest absolute Gasteiger partial charge is 0.254 e. The molecule has 2 aliphatic heterocycles. The first-order valence-electron chi connectivity index (χ1n) is 13.2. The molecule has 5 rings (SSSR count). The summed E-state index contributed by atoms with van der Waals surface area (Å²) in [5.41, 5.74) is 2.27. The Balaban J connectivity index is 1.38. The van der Waals surface area contributed by atoms with Crippen LogP contribution < -0.4 is 10.1 Å². The molecule has 196 valence electrons. The average Bonchev–Trinajstić information content (AvgIpc) is 3.53. The molecule has 0 aromatic heterocycles. The van der Waals surface area contributed by atoms with Crippen LogP contribution in [-0.4, -0.2) is 66.3 Å². The van der Waals surface area contributed by atoms with E-state index >= 15 is 0 Å². The predicted octanol–water partition coefficient (Wildman–Crippen LogP) is 3.67. The van der Waals surface area contributed by atoms with Crippen molar-refractivity contribution in [2.45, 2.75) is 57.8 Å². The molecule has 3 aliphatic rings.